The third-order valence-electron chi connectivity index (χ3n) is 1.12. The molecule has 0 fully saturated rings. The van der Waals surface area contributed by atoms with Gasteiger partial charge in [0.15, 0.2) is 0 Å². The smallest absolute Gasteiger partial charge is 0.216 e. The van der Waals surface area contributed by atoms with Crippen LogP contribution in [0.15, 0.2) is 0 Å². The molecule has 0 aromatic carbocycles. The first kappa shape index (κ1) is 9.99. The van der Waals surface area contributed by atoms with Crippen LogP contribution >= 0.6 is 0 Å². The number of rotatable bonds is 5. The van der Waals surface area contributed by atoms with Crippen molar-refractivity contribution in [3.63, 3.8) is 0 Å². The van der Waals surface area contributed by atoms with Crippen molar-refractivity contribution < 1.29 is 4.79 Å². The van der Waals surface area contributed by atoms with Crippen molar-refractivity contribution in [3.8, 4) is 12.3 Å². The van der Waals surface area contributed by atoms with E-state index in [0.717, 1.165) is 19.5 Å². The van der Waals surface area contributed by atoms with Crippen LogP contribution in [-0.2, 0) is 4.79 Å². The molecule has 0 rings (SSSR count). The molecule has 3 nitrogen and oxygen atoms in total. The summed E-state index contributed by atoms with van der Waals surface area (Å²) in [4.78, 5) is 10.4. The fourth-order valence-corrected chi connectivity index (χ4v) is 0.612. The topological polar surface area (TPSA) is 41.1 Å². The van der Waals surface area contributed by atoms with E-state index < -0.39 is 0 Å². The lowest BCUT2D eigenvalue weighted by Crippen LogP contribution is -2.30. The average molecular weight is 154 g/mol. The zero-order valence-electron chi connectivity index (χ0n) is 6.81. The predicted molar refractivity (Wildman–Crippen MR) is 45.0 cm³/mol. The summed E-state index contributed by atoms with van der Waals surface area (Å²) in [6, 6.07) is 0. The van der Waals surface area contributed by atoms with Crippen LogP contribution in [-0.4, -0.2) is 25.5 Å². The summed E-state index contributed by atoms with van der Waals surface area (Å²) in [5, 5.41) is 5.75. The lowest BCUT2D eigenvalue weighted by Gasteiger charge is -2.02. The Morgan fingerprint density at radius 1 is 1.45 bits per heavy atom. The van der Waals surface area contributed by atoms with Gasteiger partial charge in [0.1, 0.15) is 0 Å². The minimum Gasteiger partial charge on any atom is -0.355 e. The Bertz CT molecular complexity index is 149. The SMILES string of the molecule is C#CCCNCCNC(C)=O. The van der Waals surface area contributed by atoms with Crippen molar-refractivity contribution in [1.82, 2.24) is 10.6 Å². The number of hydrogen-bond donors (Lipinski definition) is 2. The van der Waals surface area contributed by atoms with Gasteiger partial charge in [-0.3, -0.25) is 4.79 Å². The van der Waals surface area contributed by atoms with Crippen LogP contribution in [0.5, 0.6) is 0 Å². The second-order valence-corrected chi connectivity index (χ2v) is 2.19. The van der Waals surface area contributed by atoms with Gasteiger partial charge in [-0.1, -0.05) is 0 Å². The molecule has 0 aliphatic carbocycles. The fraction of sp³-hybridized carbons (Fsp3) is 0.625. The first-order chi connectivity index (χ1) is 5.27. The Kier molecular flexibility index (Phi) is 6.45. The van der Waals surface area contributed by atoms with Crippen LogP contribution < -0.4 is 10.6 Å². The summed E-state index contributed by atoms with van der Waals surface area (Å²) in [6.07, 6.45) is 5.77. The molecule has 0 aromatic rings. The van der Waals surface area contributed by atoms with Gasteiger partial charge < -0.3 is 10.6 Å². The third-order valence-corrected chi connectivity index (χ3v) is 1.12. The molecule has 0 aliphatic heterocycles. The summed E-state index contributed by atoms with van der Waals surface area (Å²) in [5.74, 6) is 2.52. The number of hydrogen-bond acceptors (Lipinski definition) is 2. The Morgan fingerprint density at radius 2 is 2.18 bits per heavy atom. The third kappa shape index (κ3) is 8.99. The fourth-order valence-electron chi connectivity index (χ4n) is 0.612. The van der Waals surface area contributed by atoms with Crippen LogP contribution in [0.4, 0.5) is 0 Å². The van der Waals surface area contributed by atoms with E-state index in [2.05, 4.69) is 16.6 Å². The number of carbonyl (C=O) groups is 1. The highest BCUT2D eigenvalue weighted by Gasteiger charge is 1.88. The molecule has 0 unspecified atom stereocenters. The Labute approximate surface area is 67.6 Å². The zero-order chi connectivity index (χ0) is 8.53. The molecule has 0 heterocycles. The Morgan fingerprint density at radius 3 is 2.73 bits per heavy atom. The van der Waals surface area contributed by atoms with Gasteiger partial charge in [-0.25, -0.2) is 0 Å². The highest BCUT2D eigenvalue weighted by molar-refractivity contribution is 5.72. The molecule has 0 aliphatic rings. The van der Waals surface area contributed by atoms with Gasteiger partial charge >= 0.3 is 0 Å². The summed E-state index contributed by atoms with van der Waals surface area (Å²) in [5.41, 5.74) is 0. The van der Waals surface area contributed by atoms with Crippen LogP contribution in [0.1, 0.15) is 13.3 Å². The zero-order valence-corrected chi connectivity index (χ0v) is 6.81. The normalized spacial score (nSPS) is 8.73. The molecule has 0 spiro atoms. The molecule has 0 atom stereocenters. The molecule has 2 N–H and O–H groups in total. The van der Waals surface area contributed by atoms with Crippen molar-refractivity contribution >= 4 is 5.91 Å². The highest BCUT2D eigenvalue weighted by Crippen LogP contribution is 1.68. The monoisotopic (exact) mass is 154 g/mol. The van der Waals surface area contributed by atoms with E-state index in [1.54, 1.807) is 0 Å². The van der Waals surface area contributed by atoms with Crippen LogP contribution in [0.25, 0.3) is 0 Å². The van der Waals surface area contributed by atoms with Crippen LogP contribution in [0.2, 0.25) is 0 Å². The molecule has 0 bridgehead atoms. The van der Waals surface area contributed by atoms with Gasteiger partial charge in [0, 0.05) is 33.0 Å². The van der Waals surface area contributed by atoms with Gasteiger partial charge in [0.2, 0.25) is 5.91 Å². The molecule has 0 saturated carbocycles. The maximum absolute atomic E-state index is 10.4. The number of carbonyl (C=O) groups excluding carboxylic acids is 1. The molecule has 62 valence electrons. The van der Waals surface area contributed by atoms with Crippen molar-refractivity contribution in [3.05, 3.63) is 0 Å². The van der Waals surface area contributed by atoms with E-state index >= 15 is 0 Å². The van der Waals surface area contributed by atoms with E-state index in [-0.39, 0.29) is 5.91 Å². The van der Waals surface area contributed by atoms with Crippen LogP contribution in [0, 0.1) is 12.3 Å². The van der Waals surface area contributed by atoms with Gasteiger partial charge in [0.05, 0.1) is 0 Å². The number of amides is 1. The van der Waals surface area contributed by atoms with Gasteiger partial charge in [-0.15, -0.1) is 12.3 Å². The first-order valence-electron chi connectivity index (χ1n) is 3.66. The molecular weight excluding hydrogens is 140 g/mol. The summed E-state index contributed by atoms with van der Waals surface area (Å²) >= 11 is 0. The lowest BCUT2D eigenvalue weighted by atomic mass is 10.4. The minimum atomic E-state index is 0.00347. The number of terminal acetylenes is 1. The van der Waals surface area contributed by atoms with E-state index in [4.69, 9.17) is 6.42 Å². The predicted octanol–water partition coefficient (Wildman–Crippen LogP) is -0.265. The molecule has 11 heavy (non-hydrogen) atoms. The van der Waals surface area contributed by atoms with E-state index in [9.17, 15) is 4.79 Å². The molecule has 3 heteroatoms. The Hall–Kier alpha value is -1.01. The van der Waals surface area contributed by atoms with E-state index in [1.807, 2.05) is 0 Å². The molecule has 0 saturated heterocycles. The average Bonchev–Trinajstić information content (AvgIpc) is 1.96. The molecule has 0 aromatic heterocycles. The van der Waals surface area contributed by atoms with Crippen molar-refractivity contribution in [2.45, 2.75) is 13.3 Å². The lowest BCUT2D eigenvalue weighted by molar-refractivity contribution is -0.118. The second kappa shape index (κ2) is 7.10. The maximum Gasteiger partial charge on any atom is 0.216 e. The van der Waals surface area contributed by atoms with Crippen molar-refractivity contribution in [2.75, 3.05) is 19.6 Å². The maximum atomic E-state index is 10.4. The summed E-state index contributed by atoms with van der Waals surface area (Å²) in [6.45, 7) is 3.76. The van der Waals surface area contributed by atoms with Crippen LogP contribution in [0.3, 0.4) is 0 Å². The highest BCUT2D eigenvalue weighted by atomic mass is 16.1. The minimum absolute atomic E-state index is 0.00347. The Balaban J connectivity index is 2.92. The summed E-state index contributed by atoms with van der Waals surface area (Å²) < 4.78 is 0. The summed E-state index contributed by atoms with van der Waals surface area (Å²) in [7, 11) is 0. The molecular formula is C8H14N2O. The van der Waals surface area contributed by atoms with E-state index in [0.29, 0.717) is 6.54 Å². The first-order valence-corrected chi connectivity index (χ1v) is 3.66. The van der Waals surface area contributed by atoms with Gasteiger partial charge in [-0.2, -0.15) is 0 Å². The number of nitrogens with one attached hydrogen (secondary N) is 2. The second-order valence-electron chi connectivity index (χ2n) is 2.19. The van der Waals surface area contributed by atoms with E-state index in [1.165, 1.54) is 6.92 Å². The van der Waals surface area contributed by atoms with Crippen molar-refractivity contribution in [1.29, 1.82) is 0 Å². The van der Waals surface area contributed by atoms with Crippen molar-refractivity contribution in [2.24, 2.45) is 0 Å². The molecule has 0 radical (unpaired) electrons. The van der Waals surface area contributed by atoms with Gasteiger partial charge in [-0.05, 0) is 0 Å². The molecule has 1 amide bonds. The largest absolute Gasteiger partial charge is 0.355 e. The van der Waals surface area contributed by atoms with Gasteiger partial charge in [0.25, 0.3) is 0 Å². The standard InChI is InChI=1S/C8H14N2O/c1-3-4-5-9-6-7-10-8(2)11/h1,9H,4-7H2,2H3,(H,10,11). The quantitative estimate of drug-likeness (QED) is 0.423.